The first-order chi connectivity index (χ1) is 10.9. The van der Waals surface area contributed by atoms with Crippen LogP contribution in [0.5, 0.6) is 5.75 Å². The van der Waals surface area contributed by atoms with Gasteiger partial charge in [-0.3, -0.25) is 11.3 Å². The maximum absolute atomic E-state index is 5.70. The Balaban J connectivity index is 0.00000144. The molecule has 1 aromatic heterocycles. The molecule has 0 fully saturated rings. The second-order valence-electron chi connectivity index (χ2n) is 5.22. The zero-order valence-corrected chi connectivity index (χ0v) is 19.7. The van der Waals surface area contributed by atoms with E-state index in [1.165, 1.54) is 21.6 Å². The van der Waals surface area contributed by atoms with Gasteiger partial charge in [-0.15, -0.1) is 10.3 Å². The Bertz CT molecular complexity index is 694. The Morgan fingerprint density at radius 2 is 1.46 bits per heavy atom. The van der Waals surface area contributed by atoms with E-state index in [1.54, 1.807) is 11.3 Å². The molecular formula is C20H19IOSZn. The fourth-order valence-corrected chi connectivity index (χ4v) is 2.95. The van der Waals surface area contributed by atoms with Gasteiger partial charge in [0.25, 0.3) is 0 Å². The van der Waals surface area contributed by atoms with Crippen LogP contribution in [0.1, 0.15) is 19.8 Å². The molecule has 0 atom stereocenters. The van der Waals surface area contributed by atoms with Crippen molar-refractivity contribution in [2.24, 2.45) is 0 Å². The van der Waals surface area contributed by atoms with Crippen molar-refractivity contribution in [1.82, 2.24) is 0 Å². The molecule has 0 saturated heterocycles. The summed E-state index contributed by atoms with van der Waals surface area (Å²) in [5.41, 5.74) is 3.69. The molecule has 1 nitrogen and oxygen atoms in total. The minimum atomic E-state index is 0. The summed E-state index contributed by atoms with van der Waals surface area (Å²) in [6, 6.07) is 21.1. The van der Waals surface area contributed by atoms with Gasteiger partial charge in [-0.05, 0) is 29.7 Å². The van der Waals surface area contributed by atoms with Crippen molar-refractivity contribution in [1.29, 1.82) is 0 Å². The minimum Gasteiger partial charge on any atom is -1.00 e. The van der Waals surface area contributed by atoms with Crippen LogP contribution in [0, 0.1) is 5.38 Å². The van der Waals surface area contributed by atoms with Crippen LogP contribution in [0.25, 0.3) is 21.6 Å². The zero-order valence-electron chi connectivity index (χ0n) is 13.8. The van der Waals surface area contributed by atoms with Crippen LogP contribution < -0.4 is 28.7 Å². The van der Waals surface area contributed by atoms with Gasteiger partial charge in [0, 0.05) is 0 Å². The van der Waals surface area contributed by atoms with Crippen molar-refractivity contribution < 1.29 is 48.2 Å². The van der Waals surface area contributed by atoms with Crippen molar-refractivity contribution in [3.63, 3.8) is 0 Å². The van der Waals surface area contributed by atoms with Crippen LogP contribution in [-0.4, -0.2) is 6.61 Å². The molecule has 3 rings (SSSR count). The molecule has 0 amide bonds. The summed E-state index contributed by atoms with van der Waals surface area (Å²) < 4.78 is 5.70. The van der Waals surface area contributed by atoms with Gasteiger partial charge in [0.1, 0.15) is 5.75 Å². The summed E-state index contributed by atoms with van der Waals surface area (Å²) in [7, 11) is 0. The second-order valence-corrected chi connectivity index (χ2v) is 6.10. The van der Waals surface area contributed by atoms with Crippen LogP contribution in [0.2, 0.25) is 0 Å². The molecule has 24 heavy (non-hydrogen) atoms. The Morgan fingerprint density at radius 1 is 0.875 bits per heavy atom. The molecular weight excluding hydrogens is 481 g/mol. The predicted molar refractivity (Wildman–Crippen MR) is 94.4 cm³/mol. The van der Waals surface area contributed by atoms with E-state index in [4.69, 9.17) is 4.74 Å². The second kappa shape index (κ2) is 11.0. The first-order valence-electron chi connectivity index (χ1n) is 7.66. The first-order valence-corrected chi connectivity index (χ1v) is 8.48. The molecule has 2 aromatic carbocycles. The van der Waals surface area contributed by atoms with Crippen molar-refractivity contribution in [3.05, 3.63) is 66.0 Å². The summed E-state index contributed by atoms with van der Waals surface area (Å²) in [5, 5.41) is 3.13. The Morgan fingerprint density at radius 3 is 2.00 bits per heavy atom. The van der Waals surface area contributed by atoms with E-state index >= 15 is 0 Å². The van der Waals surface area contributed by atoms with Crippen molar-refractivity contribution >= 4 is 11.3 Å². The van der Waals surface area contributed by atoms with E-state index in [-0.39, 0.29) is 43.5 Å². The Labute approximate surface area is 178 Å². The van der Waals surface area contributed by atoms with E-state index in [0.29, 0.717) is 0 Å². The van der Waals surface area contributed by atoms with Gasteiger partial charge in [-0.25, -0.2) is 0 Å². The Hall–Kier alpha value is -0.707. The maximum Gasteiger partial charge on any atom is 2.00 e. The maximum atomic E-state index is 5.70. The normalized spacial score (nSPS) is 9.71. The summed E-state index contributed by atoms with van der Waals surface area (Å²) in [4.78, 5) is 1.26. The van der Waals surface area contributed by atoms with Crippen LogP contribution in [0.3, 0.4) is 0 Å². The van der Waals surface area contributed by atoms with Gasteiger partial charge in [0.15, 0.2) is 0 Å². The summed E-state index contributed by atoms with van der Waals surface area (Å²) in [6.45, 7) is 2.96. The number of halogens is 1. The number of hydrogen-bond acceptors (Lipinski definition) is 2. The van der Waals surface area contributed by atoms with Gasteiger partial charge in [0.05, 0.1) is 6.61 Å². The summed E-state index contributed by atoms with van der Waals surface area (Å²) in [6.07, 6.45) is 2.26. The van der Waals surface area contributed by atoms with E-state index < -0.39 is 0 Å². The van der Waals surface area contributed by atoms with Crippen LogP contribution >= 0.6 is 11.3 Å². The molecule has 0 saturated carbocycles. The quantitative estimate of drug-likeness (QED) is 0.219. The summed E-state index contributed by atoms with van der Waals surface area (Å²) in [5.74, 6) is 0.947. The van der Waals surface area contributed by atoms with E-state index in [9.17, 15) is 0 Å². The fourth-order valence-electron chi connectivity index (χ4n) is 2.30. The number of hydrogen-bond donors (Lipinski definition) is 0. The molecule has 0 aliphatic carbocycles. The number of ether oxygens (including phenoxy) is 1. The largest absolute Gasteiger partial charge is 2.00 e. The van der Waals surface area contributed by atoms with Crippen molar-refractivity contribution in [3.8, 4) is 27.3 Å². The smallest absolute Gasteiger partial charge is 1.00 e. The summed E-state index contributed by atoms with van der Waals surface area (Å²) >= 11 is 1.65. The third-order valence-electron chi connectivity index (χ3n) is 3.60. The van der Waals surface area contributed by atoms with Crippen LogP contribution in [-0.2, 0) is 19.5 Å². The Kier molecular flexibility index (Phi) is 9.79. The molecule has 0 radical (unpaired) electrons. The molecule has 4 heteroatoms. The predicted octanol–water partition coefficient (Wildman–Crippen LogP) is 3.06. The average Bonchev–Trinajstić information content (AvgIpc) is 3.11. The van der Waals surface area contributed by atoms with Crippen LogP contribution in [0.15, 0.2) is 60.7 Å². The first kappa shape index (κ1) is 21.3. The van der Waals surface area contributed by atoms with Crippen molar-refractivity contribution in [2.45, 2.75) is 19.8 Å². The molecule has 3 aromatic rings. The standard InChI is InChI=1S/C20H19OS.HI.Zn/c1-2-3-14-21-19-12-10-17(11-13-19)16-6-8-18(9-7-16)20-5-4-15-22-20;;/h4-13H,2-3,14H2,1H3;1H;/q-1;;+2/p-1. The molecule has 120 valence electrons. The number of benzene rings is 2. The number of unbranched alkanes of at least 4 members (excludes halogenated alkanes) is 1. The molecule has 0 N–H and O–H groups in total. The van der Waals surface area contributed by atoms with Gasteiger partial charge in [-0.2, -0.15) is 12.1 Å². The molecule has 0 aliphatic heterocycles. The van der Waals surface area contributed by atoms with Crippen LogP contribution in [0.4, 0.5) is 0 Å². The van der Waals surface area contributed by atoms with E-state index in [0.717, 1.165) is 25.2 Å². The van der Waals surface area contributed by atoms with E-state index in [1.807, 2.05) is 18.2 Å². The molecule has 0 spiro atoms. The number of thiophene rings is 1. The zero-order chi connectivity index (χ0) is 15.2. The van der Waals surface area contributed by atoms with Gasteiger partial charge < -0.3 is 28.7 Å². The van der Waals surface area contributed by atoms with Gasteiger partial charge >= 0.3 is 19.5 Å². The monoisotopic (exact) mass is 498 g/mol. The molecule has 0 unspecified atom stereocenters. The fraction of sp³-hybridized carbons (Fsp3) is 0.200. The SMILES string of the molecule is CCCCOc1ccc(-c2ccc(-c3cc[c-]s3)cc2)cc1.[I-].[Zn+2]. The molecule has 0 bridgehead atoms. The van der Waals surface area contributed by atoms with E-state index in [2.05, 4.69) is 54.8 Å². The van der Waals surface area contributed by atoms with Crippen molar-refractivity contribution in [2.75, 3.05) is 6.61 Å². The minimum absolute atomic E-state index is 0. The third kappa shape index (κ3) is 5.68. The average molecular weight is 500 g/mol. The topological polar surface area (TPSA) is 9.23 Å². The van der Waals surface area contributed by atoms with Gasteiger partial charge in [0.2, 0.25) is 0 Å². The molecule has 0 aliphatic rings. The number of rotatable bonds is 6. The van der Waals surface area contributed by atoms with Gasteiger partial charge in [-0.1, -0.05) is 55.3 Å². The molecule has 1 heterocycles. The third-order valence-corrected chi connectivity index (χ3v) is 4.44.